The molecule has 1 aromatic heterocycles. The van der Waals surface area contributed by atoms with Crippen LogP contribution in [0.15, 0.2) is 4.79 Å². The number of carboxylic acid groups (broad SMARTS) is 1. The number of hydrogen-bond donors (Lipinski definition) is 3. The molecule has 1 heterocycles. The Bertz CT molecular complexity index is 599. The summed E-state index contributed by atoms with van der Waals surface area (Å²) in [6.45, 7) is 8.34. The number of carbonyl (C=O) groups is 2. The van der Waals surface area contributed by atoms with Gasteiger partial charge in [-0.05, 0) is 24.8 Å². The summed E-state index contributed by atoms with van der Waals surface area (Å²) in [5, 5.41) is 17.5. The molecular weight excluding hydrogens is 262 g/mol. The van der Waals surface area contributed by atoms with Crippen LogP contribution in [-0.2, 0) is 4.79 Å². The summed E-state index contributed by atoms with van der Waals surface area (Å²) < 4.78 is 0. The summed E-state index contributed by atoms with van der Waals surface area (Å²) in [6, 6.07) is -1.10. The quantitative estimate of drug-likeness (QED) is 0.751. The van der Waals surface area contributed by atoms with Crippen LogP contribution in [0.2, 0.25) is 0 Å². The number of aryl methyl sites for hydroxylation is 1. The van der Waals surface area contributed by atoms with Crippen LogP contribution in [-0.4, -0.2) is 33.2 Å². The summed E-state index contributed by atoms with van der Waals surface area (Å²) in [4.78, 5) is 35.1. The number of rotatable bonds is 3. The number of carboxylic acids is 1. The Morgan fingerprint density at radius 3 is 2.30 bits per heavy atom. The molecule has 3 N–H and O–H groups in total. The molecule has 7 nitrogen and oxygen atoms in total. The Hall–Kier alpha value is -2.18. The van der Waals surface area contributed by atoms with Gasteiger partial charge in [0.05, 0.1) is 5.69 Å². The molecular formula is C13H19N3O4. The lowest BCUT2D eigenvalue weighted by molar-refractivity contribution is -0.142. The lowest BCUT2D eigenvalue weighted by Gasteiger charge is -2.27. The second-order valence-electron chi connectivity index (χ2n) is 5.75. The average Bonchev–Trinajstić information content (AvgIpc) is 2.29. The zero-order valence-electron chi connectivity index (χ0n) is 12.2. The Labute approximate surface area is 116 Å². The summed E-state index contributed by atoms with van der Waals surface area (Å²) in [7, 11) is 0. The molecule has 7 heteroatoms. The van der Waals surface area contributed by atoms with Gasteiger partial charge in [-0.1, -0.05) is 20.8 Å². The molecule has 20 heavy (non-hydrogen) atoms. The number of carbonyl (C=O) groups excluding carboxylic acids is 1. The third-order valence-electron chi connectivity index (χ3n) is 3.09. The summed E-state index contributed by atoms with van der Waals surface area (Å²) in [5.41, 5.74) is -0.470. The van der Waals surface area contributed by atoms with Crippen molar-refractivity contribution in [2.75, 3.05) is 0 Å². The molecule has 1 rings (SSSR count). The summed E-state index contributed by atoms with van der Waals surface area (Å²) >= 11 is 0. The Morgan fingerprint density at radius 1 is 1.30 bits per heavy atom. The van der Waals surface area contributed by atoms with Crippen molar-refractivity contribution in [2.45, 2.75) is 40.7 Å². The van der Waals surface area contributed by atoms with Gasteiger partial charge in [-0.2, -0.15) is 5.10 Å². The minimum Gasteiger partial charge on any atom is -0.480 e. The van der Waals surface area contributed by atoms with E-state index >= 15 is 0 Å². The molecule has 0 saturated heterocycles. The highest BCUT2D eigenvalue weighted by atomic mass is 16.4. The van der Waals surface area contributed by atoms with Gasteiger partial charge in [0, 0.05) is 0 Å². The van der Waals surface area contributed by atoms with Crippen molar-refractivity contribution in [3.63, 3.8) is 0 Å². The molecule has 0 saturated carbocycles. The first kappa shape index (κ1) is 15.9. The maximum Gasteiger partial charge on any atom is 0.326 e. The maximum absolute atomic E-state index is 12.2. The van der Waals surface area contributed by atoms with Gasteiger partial charge in [-0.25, -0.2) is 9.89 Å². The third kappa shape index (κ3) is 3.23. The van der Waals surface area contributed by atoms with E-state index in [1.807, 2.05) is 0 Å². The van der Waals surface area contributed by atoms with Crippen LogP contribution in [0.1, 0.15) is 42.4 Å². The second kappa shape index (κ2) is 5.44. The van der Waals surface area contributed by atoms with Crippen LogP contribution in [0.25, 0.3) is 0 Å². The van der Waals surface area contributed by atoms with Crippen molar-refractivity contribution >= 4 is 11.9 Å². The number of aliphatic carboxylic acids is 1. The van der Waals surface area contributed by atoms with Crippen LogP contribution in [0.3, 0.4) is 0 Å². The van der Waals surface area contributed by atoms with Gasteiger partial charge in [0.2, 0.25) is 0 Å². The number of H-pyrrole nitrogens is 1. The predicted molar refractivity (Wildman–Crippen MR) is 72.7 cm³/mol. The molecule has 0 radical (unpaired) electrons. The van der Waals surface area contributed by atoms with Crippen molar-refractivity contribution in [3.05, 3.63) is 27.2 Å². The van der Waals surface area contributed by atoms with Crippen LogP contribution < -0.4 is 10.9 Å². The average molecular weight is 281 g/mol. The molecule has 0 bridgehead atoms. The van der Waals surface area contributed by atoms with Gasteiger partial charge in [0.25, 0.3) is 11.5 Å². The Morgan fingerprint density at radius 2 is 1.85 bits per heavy atom. The number of aromatic nitrogens is 2. The standard InChI is InChI=1S/C13H19N3O4/c1-6-7(2)15-16-11(18)8(6)10(17)14-9(12(19)20)13(3,4)5/h9H,1-5H3,(H,14,17)(H,16,18)(H,19,20). The molecule has 1 amide bonds. The van der Waals surface area contributed by atoms with Crippen LogP contribution in [0.4, 0.5) is 0 Å². The molecule has 1 aromatic rings. The smallest absolute Gasteiger partial charge is 0.326 e. The molecule has 0 aliphatic rings. The first-order chi connectivity index (χ1) is 9.05. The largest absolute Gasteiger partial charge is 0.480 e. The van der Waals surface area contributed by atoms with E-state index in [2.05, 4.69) is 15.5 Å². The highest BCUT2D eigenvalue weighted by molar-refractivity contribution is 5.97. The fraction of sp³-hybridized carbons (Fsp3) is 0.538. The monoisotopic (exact) mass is 281 g/mol. The van der Waals surface area contributed by atoms with Gasteiger partial charge >= 0.3 is 5.97 Å². The van der Waals surface area contributed by atoms with E-state index in [1.165, 1.54) is 0 Å². The van der Waals surface area contributed by atoms with Crippen molar-refractivity contribution in [1.29, 1.82) is 0 Å². The number of hydrogen-bond acceptors (Lipinski definition) is 4. The fourth-order valence-electron chi connectivity index (χ4n) is 1.75. The van der Waals surface area contributed by atoms with Crippen molar-refractivity contribution < 1.29 is 14.7 Å². The lowest BCUT2D eigenvalue weighted by atomic mass is 9.86. The van der Waals surface area contributed by atoms with Crippen LogP contribution >= 0.6 is 0 Å². The maximum atomic E-state index is 12.2. The van der Waals surface area contributed by atoms with E-state index in [0.29, 0.717) is 11.3 Å². The van der Waals surface area contributed by atoms with E-state index in [9.17, 15) is 19.5 Å². The Balaban J connectivity index is 3.18. The number of nitrogens with one attached hydrogen (secondary N) is 2. The van der Waals surface area contributed by atoms with Crippen molar-refractivity contribution in [3.8, 4) is 0 Å². The minimum absolute atomic E-state index is 0.104. The molecule has 0 aliphatic carbocycles. The third-order valence-corrected chi connectivity index (χ3v) is 3.09. The first-order valence-electron chi connectivity index (χ1n) is 6.15. The molecule has 1 atom stereocenters. The van der Waals surface area contributed by atoms with Gasteiger partial charge in [0.1, 0.15) is 11.6 Å². The minimum atomic E-state index is -1.15. The normalized spacial score (nSPS) is 12.8. The number of amides is 1. The van der Waals surface area contributed by atoms with E-state index in [-0.39, 0.29) is 5.56 Å². The zero-order chi connectivity index (χ0) is 15.7. The van der Waals surface area contributed by atoms with E-state index in [4.69, 9.17) is 0 Å². The predicted octanol–water partition coefficient (Wildman–Crippen LogP) is 0.616. The molecule has 1 unspecified atom stereocenters. The molecule has 0 aromatic carbocycles. The summed E-state index contributed by atoms with van der Waals surface area (Å²) in [6.07, 6.45) is 0. The van der Waals surface area contributed by atoms with E-state index in [1.54, 1.807) is 34.6 Å². The van der Waals surface area contributed by atoms with Crippen molar-refractivity contribution in [2.24, 2.45) is 5.41 Å². The van der Waals surface area contributed by atoms with Gasteiger partial charge in [-0.3, -0.25) is 9.59 Å². The summed E-state index contributed by atoms with van der Waals surface area (Å²) in [5.74, 6) is -1.86. The highest BCUT2D eigenvalue weighted by Gasteiger charge is 2.33. The van der Waals surface area contributed by atoms with E-state index < -0.39 is 28.9 Å². The van der Waals surface area contributed by atoms with Crippen molar-refractivity contribution in [1.82, 2.24) is 15.5 Å². The lowest BCUT2D eigenvalue weighted by Crippen LogP contribution is -2.50. The van der Waals surface area contributed by atoms with E-state index in [0.717, 1.165) is 0 Å². The SMILES string of the molecule is Cc1n[nH]c(=O)c(C(=O)NC(C(=O)O)C(C)(C)C)c1C. The van der Waals surface area contributed by atoms with Gasteiger partial charge in [-0.15, -0.1) is 0 Å². The van der Waals surface area contributed by atoms with Crippen LogP contribution in [0.5, 0.6) is 0 Å². The molecule has 0 fully saturated rings. The molecule has 0 aliphatic heterocycles. The number of aromatic amines is 1. The van der Waals surface area contributed by atoms with Crippen LogP contribution in [0, 0.1) is 19.3 Å². The zero-order valence-corrected chi connectivity index (χ0v) is 12.2. The molecule has 0 spiro atoms. The van der Waals surface area contributed by atoms with Gasteiger partial charge < -0.3 is 10.4 Å². The molecule has 110 valence electrons. The Kier molecular flexibility index (Phi) is 4.32. The topological polar surface area (TPSA) is 112 Å². The second-order valence-corrected chi connectivity index (χ2v) is 5.75. The number of nitrogens with zero attached hydrogens (tertiary/aromatic N) is 1. The highest BCUT2D eigenvalue weighted by Crippen LogP contribution is 2.20. The fourth-order valence-corrected chi connectivity index (χ4v) is 1.75. The van der Waals surface area contributed by atoms with Gasteiger partial charge in [0.15, 0.2) is 0 Å². The first-order valence-corrected chi connectivity index (χ1v) is 6.15.